The average molecular weight is 434 g/mol. The lowest BCUT2D eigenvalue weighted by Gasteiger charge is -2.13. The van der Waals surface area contributed by atoms with Gasteiger partial charge in [-0.15, -0.1) is 0 Å². The van der Waals surface area contributed by atoms with Crippen LogP contribution < -0.4 is 16.0 Å². The summed E-state index contributed by atoms with van der Waals surface area (Å²) >= 11 is 0. The molecule has 0 radical (unpaired) electrons. The molecule has 3 N–H and O–H groups in total. The third-order valence-corrected chi connectivity index (χ3v) is 5.32. The van der Waals surface area contributed by atoms with Crippen LogP contribution in [-0.4, -0.2) is 45.2 Å². The van der Waals surface area contributed by atoms with Gasteiger partial charge in [-0.05, 0) is 31.5 Å². The number of rotatable bonds is 9. The summed E-state index contributed by atoms with van der Waals surface area (Å²) in [5.74, 6) is 0.641. The van der Waals surface area contributed by atoms with Crippen LogP contribution in [0, 0.1) is 17.0 Å². The standard InChI is InChI=1S/C20H27N5O4S/c1-4-21-20(24-14-16-7-5-15(2)6-8-16)23-12-11-22-18-10-9-17(30(3,28)29)13-19(18)25(26)27/h5-10,13,22H,4,11-12,14H2,1-3H3,(H2,21,23,24). The molecule has 0 aliphatic carbocycles. The Bertz CT molecular complexity index is 1000. The highest BCUT2D eigenvalue weighted by Crippen LogP contribution is 2.27. The Morgan fingerprint density at radius 2 is 1.80 bits per heavy atom. The first-order valence-electron chi connectivity index (χ1n) is 9.51. The minimum Gasteiger partial charge on any atom is -0.378 e. The zero-order valence-corrected chi connectivity index (χ0v) is 18.1. The number of benzene rings is 2. The number of aliphatic imine (C=N–C) groups is 1. The average Bonchev–Trinajstić information content (AvgIpc) is 2.69. The number of hydrogen-bond donors (Lipinski definition) is 3. The fourth-order valence-corrected chi connectivity index (χ4v) is 3.27. The molecule has 30 heavy (non-hydrogen) atoms. The highest BCUT2D eigenvalue weighted by molar-refractivity contribution is 7.90. The van der Waals surface area contributed by atoms with E-state index in [1.165, 1.54) is 17.7 Å². The molecule has 0 aliphatic rings. The van der Waals surface area contributed by atoms with Gasteiger partial charge in [0.2, 0.25) is 0 Å². The second-order valence-corrected chi connectivity index (χ2v) is 8.76. The molecule has 10 heteroatoms. The Morgan fingerprint density at radius 1 is 1.10 bits per heavy atom. The molecular weight excluding hydrogens is 406 g/mol. The quantitative estimate of drug-likeness (QED) is 0.182. The molecule has 2 aromatic rings. The molecule has 0 saturated carbocycles. The first-order chi connectivity index (χ1) is 14.2. The van der Waals surface area contributed by atoms with Crippen molar-refractivity contribution in [2.45, 2.75) is 25.3 Å². The van der Waals surface area contributed by atoms with E-state index in [1.807, 2.05) is 38.1 Å². The summed E-state index contributed by atoms with van der Waals surface area (Å²) in [6.07, 6.45) is 1.02. The van der Waals surface area contributed by atoms with Crippen LogP contribution in [0.1, 0.15) is 18.1 Å². The molecule has 162 valence electrons. The summed E-state index contributed by atoms with van der Waals surface area (Å²) in [5, 5.41) is 20.6. The SMILES string of the molecule is CCNC(=NCc1ccc(C)cc1)NCCNc1ccc(S(C)(=O)=O)cc1[N+](=O)[O-]. The molecule has 0 spiro atoms. The number of nitro groups is 1. The lowest BCUT2D eigenvalue weighted by molar-refractivity contribution is -0.384. The molecule has 0 aromatic heterocycles. The van der Waals surface area contributed by atoms with Gasteiger partial charge in [-0.2, -0.15) is 0 Å². The monoisotopic (exact) mass is 433 g/mol. The Morgan fingerprint density at radius 3 is 2.40 bits per heavy atom. The van der Waals surface area contributed by atoms with E-state index in [9.17, 15) is 18.5 Å². The van der Waals surface area contributed by atoms with Gasteiger partial charge in [0.25, 0.3) is 5.69 Å². The number of sulfone groups is 1. The van der Waals surface area contributed by atoms with Crippen LogP contribution in [0.15, 0.2) is 52.4 Å². The number of hydrogen-bond acceptors (Lipinski definition) is 6. The van der Waals surface area contributed by atoms with Crippen LogP contribution in [0.3, 0.4) is 0 Å². The minimum absolute atomic E-state index is 0.0875. The minimum atomic E-state index is -3.52. The van der Waals surface area contributed by atoms with Crippen molar-refractivity contribution >= 4 is 27.2 Å². The Labute approximate surface area is 176 Å². The zero-order chi connectivity index (χ0) is 22.1. The first-order valence-corrected chi connectivity index (χ1v) is 11.4. The summed E-state index contributed by atoms with van der Waals surface area (Å²) < 4.78 is 23.2. The second kappa shape index (κ2) is 10.6. The van der Waals surface area contributed by atoms with E-state index in [1.54, 1.807) is 0 Å². The van der Waals surface area contributed by atoms with Gasteiger partial charge >= 0.3 is 0 Å². The number of guanidine groups is 1. The zero-order valence-electron chi connectivity index (χ0n) is 17.3. The van der Waals surface area contributed by atoms with E-state index < -0.39 is 14.8 Å². The lowest BCUT2D eigenvalue weighted by atomic mass is 10.1. The van der Waals surface area contributed by atoms with Crippen LogP contribution in [-0.2, 0) is 16.4 Å². The molecule has 0 amide bonds. The van der Waals surface area contributed by atoms with Gasteiger partial charge in [-0.25, -0.2) is 13.4 Å². The second-order valence-electron chi connectivity index (χ2n) is 6.74. The predicted octanol–water partition coefficient (Wildman–Crippen LogP) is 2.47. The molecule has 0 fully saturated rings. The summed E-state index contributed by atoms with van der Waals surface area (Å²) in [4.78, 5) is 15.1. The topological polar surface area (TPSA) is 126 Å². The molecule has 0 saturated heterocycles. The van der Waals surface area contributed by atoms with Crippen molar-refractivity contribution in [1.82, 2.24) is 10.6 Å². The Balaban J connectivity index is 1.96. The van der Waals surface area contributed by atoms with Crippen molar-refractivity contribution in [3.8, 4) is 0 Å². The molecule has 2 aromatic carbocycles. The summed E-state index contributed by atoms with van der Waals surface area (Å²) in [6, 6.07) is 12.0. The van der Waals surface area contributed by atoms with Crippen LogP contribution in [0.2, 0.25) is 0 Å². The third-order valence-electron chi connectivity index (χ3n) is 4.21. The summed E-state index contributed by atoms with van der Waals surface area (Å²) in [7, 11) is -3.52. The molecule has 0 bridgehead atoms. The number of nitro benzene ring substituents is 1. The van der Waals surface area contributed by atoms with Gasteiger partial charge in [0.15, 0.2) is 15.8 Å². The van der Waals surface area contributed by atoms with E-state index in [2.05, 4.69) is 20.9 Å². The maximum atomic E-state index is 11.6. The lowest BCUT2D eigenvalue weighted by Crippen LogP contribution is -2.39. The van der Waals surface area contributed by atoms with Crippen molar-refractivity contribution < 1.29 is 13.3 Å². The van der Waals surface area contributed by atoms with Gasteiger partial charge in [0, 0.05) is 32.0 Å². The number of nitrogens with zero attached hydrogens (tertiary/aromatic N) is 2. The number of aryl methyl sites for hydroxylation is 1. The molecular formula is C20H27N5O4S. The fourth-order valence-electron chi connectivity index (χ4n) is 2.63. The number of nitrogens with one attached hydrogen (secondary N) is 3. The van der Waals surface area contributed by atoms with Gasteiger partial charge in [0.1, 0.15) is 5.69 Å². The molecule has 9 nitrogen and oxygen atoms in total. The highest BCUT2D eigenvalue weighted by atomic mass is 32.2. The highest BCUT2D eigenvalue weighted by Gasteiger charge is 2.18. The van der Waals surface area contributed by atoms with Crippen molar-refractivity contribution in [3.63, 3.8) is 0 Å². The van der Waals surface area contributed by atoms with Gasteiger partial charge in [0.05, 0.1) is 16.4 Å². The summed E-state index contributed by atoms with van der Waals surface area (Å²) in [5.41, 5.74) is 2.27. The summed E-state index contributed by atoms with van der Waals surface area (Å²) in [6.45, 7) is 6.07. The first kappa shape index (κ1) is 23.1. The smallest absolute Gasteiger partial charge is 0.293 e. The van der Waals surface area contributed by atoms with Gasteiger partial charge in [-0.1, -0.05) is 29.8 Å². The van der Waals surface area contributed by atoms with Crippen LogP contribution in [0.4, 0.5) is 11.4 Å². The third kappa shape index (κ3) is 7.03. The fraction of sp³-hybridized carbons (Fsp3) is 0.350. The van der Waals surface area contributed by atoms with Crippen LogP contribution in [0.5, 0.6) is 0 Å². The van der Waals surface area contributed by atoms with E-state index in [0.29, 0.717) is 32.1 Å². The van der Waals surface area contributed by atoms with E-state index >= 15 is 0 Å². The largest absolute Gasteiger partial charge is 0.378 e. The van der Waals surface area contributed by atoms with Gasteiger partial charge < -0.3 is 16.0 Å². The molecule has 0 unspecified atom stereocenters. The Hall–Kier alpha value is -3.14. The predicted molar refractivity (Wildman–Crippen MR) is 119 cm³/mol. The van der Waals surface area contributed by atoms with Crippen LogP contribution >= 0.6 is 0 Å². The Kier molecular flexibility index (Phi) is 8.16. The molecule has 0 atom stereocenters. The van der Waals surface area contributed by atoms with Crippen molar-refractivity contribution in [3.05, 3.63) is 63.7 Å². The molecule has 0 aliphatic heterocycles. The maximum absolute atomic E-state index is 11.6. The van der Waals surface area contributed by atoms with E-state index in [0.717, 1.165) is 17.9 Å². The van der Waals surface area contributed by atoms with Crippen LogP contribution in [0.25, 0.3) is 0 Å². The van der Waals surface area contributed by atoms with E-state index in [4.69, 9.17) is 0 Å². The molecule has 2 rings (SSSR count). The maximum Gasteiger partial charge on any atom is 0.293 e. The van der Waals surface area contributed by atoms with Gasteiger partial charge in [-0.3, -0.25) is 10.1 Å². The molecule has 0 heterocycles. The number of anilines is 1. The van der Waals surface area contributed by atoms with Crippen molar-refractivity contribution in [2.75, 3.05) is 31.2 Å². The normalized spacial score (nSPS) is 11.8. The van der Waals surface area contributed by atoms with Crippen molar-refractivity contribution in [2.24, 2.45) is 4.99 Å². The van der Waals surface area contributed by atoms with Crippen molar-refractivity contribution in [1.29, 1.82) is 0 Å². The van der Waals surface area contributed by atoms with E-state index in [-0.39, 0.29) is 16.3 Å².